The average molecular weight is 289 g/mol. The predicted octanol–water partition coefficient (Wildman–Crippen LogP) is 0.828. The van der Waals surface area contributed by atoms with E-state index in [9.17, 15) is 0 Å². The van der Waals surface area contributed by atoms with E-state index < -0.39 is 0 Å². The number of fused-ring (bicyclic) bond motifs is 1. The summed E-state index contributed by atoms with van der Waals surface area (Å²) in [5.41, 5.74) is 8.19. The first-order valence-corrected chi connectivity index (χ1v) is 7.68. The summed E-state index contributed by atoms with van der Waals surface area (Å²) in [6.07, 6.45) is 4.58. The molecule has 3 N–H and O–H groups in total. The van der Waals surface area contributed by atoms with Crippen LogP contribution in [0.1, 0.15) is 25.5 Å². The van der Waals surface area contributed by atoms with Crippen molar-refractivity contribution in [3.8, 4) is 0 Å². The van der Waals surface area contributed by atoms with Gasteiger partial charge in [-0.2, -0.15) is 9.61 Å². The van der Waals surface area contributed by atoms with Crippen molar-refractivity contribution in [2.75, 3.05) is 24.6 Å². The maximum absolute atomic E-state index is 9.15. The molecule has 6 heteroatoms. The smallest absolute Gasteiger partial charge is 0.157 e. The minimum Gasteiger partial charge on any atom is -0.396 e. The van der Waals surface area contributed by atoms with Crippen molar-refractivity contribution in [2.45, 2.75) is 32.2 Å². The average Bonchev–Trinajstić information content (AvgIpc) is 3.06. The number of nitrogens with zero attached hydrogens (tertiary/aromatic N) is 4. The van der Waals surface area contributed by atoms with E-state index in [0.717, 1.165) is 49.5 Å². The van der Waals surface area contributed by atoms with Crippen LogP contribution in [0.3, 0.4) is 0 Å². The predicted molar refractivity (Wildman–Crippen MR) is 82.4 cm³/mol. The minimum absolute atomic E-state index is 0.102. The topological polar surface area (TPSA) is 79.7 Å². The maximum atomic E-state index is 9.15. The molecule has 1 fully saturated rings. The molecule has 1 saturated heterocycles. The molecular formula is C15H23N5O. The summed E-state index contributed by atoms with van der Waals surface area (Å²) in [7, 11) is 0. The summed E-state index contributed by atoms with van der Waals surface area (Å²) < 4.78 is 1.88. The van der Waals surface area contributed by atoms with Gasteiger partial charge in [0.15, 0.2) is 5.65 Å². The fraction of sp³-hybridized carbons (Fsp3) is 0.600. The molecule has 0 aromatic carbocycles. The van der Waals surface area contributed by atoms with E-state index in [1.165, 1.54) is 0 Å². The maximum Gasteiger partial charge on any atom is 0.157 e. The van der Waals surface area contributed by atoms with Crippen molar-refractivity contribution in [3.05, 3.63) is 24.0 Å². The quantitative estimate of drug-likeness (QED) is 0.852. The van der Waals surface area contributed by atoms with Crippen LogP contribution in [0, 0.1) is 5.92 Å². The molecule has 0 spiro atoms. The van der Waals surface area contributed by atoms with E-state index in [1.807, 2.05) is 10.6 Å². The molecule has 3 heterocycles. The number of rotatable bonds is 5. The third-order valence-corrected chi connectivity index (χ3v) is 4.22. The first kappa shape index (κ1) is 14.3. The molecule has 0 saturated carbocycles. The van der Waals surface area contributed by atoms with Gasteiger partial charge in [0.25, 0.3) is 0 Å². The lowest BCUT2D eigenvalue weighted by atomic mass is 10.0. The number of anilines is 1. The Morgan fingerprint density at radius 1 is 1.43 bits per heavy atom. The summed E-state index contributed by atoms with van der Waals surface area (Å²) in [4.78, 5) is 6.90. The number of aromatic nitrogens is 3. The molecule has 6 nitrogen and oxygen atoms in total. The number of nitrogens with two attached hydrogens (primary N) is 1. The highest BCUT2D eigenvalue weighted by Gasteiger charge is 2.31. The molecule has 0 aliphatic carbocycles. The van der Waals surface area contributed by atoms with E-state index >= 15 is 0 Å². The van der Waals surface area contributed by atoms with Crippen LogP contribution in [0.25, 0.3) is 5.65 Å². The summed E-state index contributed by atoms with van der Waals surface area (Å²) in [5.74, 6) is 1.40. The zero-order valence-electron chi connectivity index (χ0n) is 12.4. The lowest BCUT2D eigenvalue weighted by Gasteiger charge is -2.20. The lowest BCUT2D eigenvalue weighted by Crippen LogP contribution is -2.30. The van der Waals surface area contributed by atoms with Crippen LogP contribution < -0.4 is 10.6 Å². The number of aryl methyl sites for hydroxylation is 1. The SMILES string of the molecule is CCCc1cc(N2C[C@@H](CCO)[C@H](N)C2)n2nccc2n1. The Bertz CT molecular complexity index is 611. The van der Waals surface area contributed by atoms with Crippen LogP contribution in [-0.2, 0) is 6.42 Å². The summed E-state index contributed by atoms with van der Waals surface area (Å²) >= 11 is 0. The highest BCUT2D eigenvalue weighted by molar-refractivity contribution is 5.51. The Morgan fingerprint density at radius 3 is 3.05 bits per heavy atom. The third kappa shape index (κ3) is 2.73. The summed E-state index contributed by atoms with van der Waals surface area (Å²) in [6, 6.07) is 4.16. The standard InChI is InChI=1S/C15H23N5O/c1-2-3-12-8-15(20-14(18-12)4-6-17-20)19-9-11(5-7-21)13(16)10-19/h4,6,8,11,13,21H,2-3,5,7,9-10,16H2,1H3/t11-,13-/m1/s1. The van der Waals surface area contributed by atoms with E-state index in [0.29, 0.717) is 5.92 Å². The molecule has 114 valence electrons. The molecule has 0 radical (unpaired) electrons. The van der Waals surface area contributed by atoms with Gasteiger partial charge in [-0.15, -0.1) is 0 Å². The summed E-state index contributed by atoms with van der Waals surface area (Å²) in [6.45, 7) is 4.02. The monoisotopic (exact) mass is 289 g/mol. The molecule has 0 amide bonds. The first-order valence-electron chi connectivity index (χ1n) is 7.68. The van der Waals surface area contributed by atoms with Crippen molar-refractivity contribution in [1.29, 1.82) is 0 Å². The van der Waals surface area contributed by atoms with Crippen molar-refractivity contribution >= 4 is 11.5 Å². The van der Waals surface area contributed by atoms with Gasteiger partial charge in [0.1, 0.15) is 5.82 Å². The van der Waals surface area contributed by atoms with Gasteiger partial charge >= 0.3 is 0 Å². The number of aliphatic hydroxyl groups excluding tert-OH is 1. The van der Waals surface area contributed by atoms with Crippen molar-refractivity contribution < 1.29 is 5.11 Å². The first-order chi connectivity index (χ1) is 10.2. The minimum atomic E-state index is 0.102. The Labute approximate surface area is 124 Å². The number of hydrogen-bond donors (Lipinski definition) is 2. The largest absolute Gasteiger partial charge is 0.396 e. The van der Waals surface area contributed by atoms with Crippen molar-refractivity contribution in [2.24, 2.45) is 11.7 Å². The second kappa shape index (κ2) is 5.99. The van der Waals surface area contributed by atoms with Gasteiger partial charge in [-0.05, 0) is 18.8 Å². The highest BCUT2D eigenvalue weighted by Crippen LogP contribution is 2.26. The van der Waals surface area contributed by atoms with Gasteiger partial charge < -0.3 is 15.7 Å². The van der Waals surface area contributed by atoms with Crippen LogP contribution >= 0.6 is 0 Å². The summed E-state index contributed by atoms with van der Waals surface area (Å²) in [5, 5.41) is 13.5. The van der Waals surface area contributed by atoms with Crippen LogP contribution in [0.15, 0.2) is 18.3 Å². The Balaban J connectivity index is 1.94. The van der Waals surface area contributed by atoms with Gasteiger partial charge in [0.05, 0.1) is 6.20 Å². The van der Waals surface area contributed by atoms with Crippen molar-refractivity contribution in [3.63, 3.8) is 0 Å². The van der Waals surface area contributed by atoms with E-state index in [4.69, 9.17) is 10.8 Å². The molecule has 3 rings (SSSR count). The Kier molecular flexibility index (Phi) is 4.07. The van der Waals surface area contributed by atoms with Gasteiger partial charge in [0, 0.05) is 43.6 Å². The molecule has 1 aliphatic rings. The van der Waals surface area contributed by atoms with Crippen LogP contribution in [-0.4, -0.2) is 45.4 Å². The Hall–Kier alpha value is -1.66. The molecule has 2 atom stereocenters. The van der Waals surface area contributed by atoms with Crippen molar-refractivity contribution in [1.82, 2.24) is 14.6 Å². The molecule has 2 aromatic rings. The molecular weight excluding hydrogens is 266 g/mol. The fourth-order valence-corrected chi connectivity index (χ4v) is 3.11. The molecule has 1 aliphatic heterocycles. The molecule has 0 unspecified atom stereocenters. The molecule has 0 bridgehead atoms. The van der Waals surface area contributed by atoms with Crippen LogP contribution in [0.5, 0.6) is 0 Å². The normalized spacial score (nSPS) is 22.3. The zero-order valence-corrected chi connectivity index (χ0v) is 12.4. The number of aliphatic hydroxyl groups is 1. The van der Waals surface area contributed by atoms with E-state index in [2.05, 4.69) is 28.0 Å². The van der Waals surface area contributed by atoms with Gasteiger partial charge in [0.2, 0.25) is 0 Å². The lowest BCUT2D eigenvalue weighted by molar-refractivity contribution is 0.257. The van der Waals surface area contributed by atoms with E-state index in [-0.39, 0.29) is 12.6 Å². The third-order valence-electron chi connectivity index (χ3n) is 4.22. The van der Waals surface area contributed by atoms with Gasteiger partial charge in [-0.25, -0.2) is 4.98 Å². The van der Waals surface area contributed by atoms with Crippen LogP contribution in [0.2, 0.25) is 0 Å². The zero-order chi connectivity index (χ0) is 14.8. The number of hydrogen-bond acceptors (Lipinski definition) is 5. The fourth-order valence-electron chi connectivity index (χ4n) is 3.11. The van der Waals surface area contributed by atoms with Crippen LogP contribution in [0.4, 0.5) is 5.82 Å². The van der Waals surface area contributed by atoms with Gasteiger partial charge in [-0.1, -0.05) is 13.3 Å². The second-order valence-corrected chi connectivity index (χ2v) is 5.80. The van der Waals surface area contributed by atoms with E-state index in [1.54, 1.807) is 6.20 Å². The molecule has 21 heavy (non-hydrogen) atoms. The Morgan fingerprint density at radius 2 is 2.29 bits per heavy atom. The second-order valence-electron chi connectivity index (χ2n) is 5.80. The highest BCUT2D eigenvalue weighted by atomic mass is 16.3. The van der Waals surface area contributed by atoms with Gasteiger partial charge in [-0.3, -0.25) is 0 Å². The molecule has 2 aromatic heterocycles.